The number of para-hydroxylation sites is 1. The summed E-state index contributed by atoms with van der Waals surface area (Å²) in [6, 6.07) is 5.32. The second-order valence-electron chi connectivity index (χ2n) is 11.9. The molecule has 0 amide bonds. The Kier molecular flexibility index (Phi) is 8.58. The fourth-order valence-electron chi connectivity index (χ4n) is 6.32. The molecule has 2 fully saturated rings. The third kappa shape index (κ3) is 5.92. The van der Waals surface area contributed by atoms with Crippen LogP contribution in [0.4, 0.5) is 0 Å². The highest BCUT2D eigenvalue weighted by molar-refractivity contribution is 7.54. The van der Waals surface area contributed by atoms with Crippen LogP contribution in [0.2, 0.25) is 0 Å². The van der Waals surface area contributed by atoms with Gasteiger partial charge in [0.15, 0.2) is 17.3 Å². The number of rotatable bonds is 8. The van der Waals surface area contributed by atoms with Gasteiger partial charge in [0.2, 0.25) is 6.79 Å². The van der Waals surface area contributed by atoms with E-state index in [4.69, 9.17) is 18.5 Å². The first kappa shape index (κ1) is 27.0. The van der Waals surface area contributed by atoms with E-state index in [1.807, 2.05) is 0 Å². The first-order chi connectivity index (χ1) is 16.6. The van der Waals surface area contributed by atoms with Gasteiger partial charge in [0.1, 0.15) is 0 Å². The number of aliphatic hydroxyl groups is 1. The van der Waals surface area contributed by atoms with Gasteiger partial charge >= 0.3 is 7.60 Å². The molecule has 35 heavy (non-hydrogen) atoms. The second kappa shape index (κ2) is 11.1. The van der Waals surface area contributed by atoms with E-state index in [9.17, 15) is 9.67 Å². The zero-order valence-electron chi connectivity index (χ0n) is 22.3. The SMILES string of the molecule is CC1CCC(C(C)C)C(OP(=O)(OC2CC(C)CCC2C(C)C)C(O)c2cccc3c2OCO3)C1. The molecule has 0 aromatic heterocycles. The number of aliphatic hydroxyl groups excluding tert-OH is 1. The maximum absolute atomic E-state index is 14.8. The van der Waals surface area contributed by atoms with Crippen LogP contribution in [0.25, 0.3) is 0 Å². The third-order valence-corrected chi connectivity index (χ3v) is 10.5. The van der Waals surface area contributed by atoms with Crippen molar-refractivity contribution in [3.63, 3.8) is 0 Å². The van der Waals surface area contributed by atoms with E-state index in [1.54, 1.807) is 18.2 Å². The quantitative estimate of drug-likeness (QED) is 0.365. The molecule has 0 saturated heterocycles. The van der Waals surface area contributed by atoms with Gasteiger partial charge < -0.3 is 23.6 Å². The molecule has 198 valence electrons. The summed E-state index contributed by atoms with van der Waals surface area (Å²) in [6.45, 7) is 13.3. The average molecular weight is 509 g/mol. The molecule has 3 aliphatic rings. The fourth-order valence-corrected chi connectivity index (χ4v) is 8.38. The molecule has 2 aliphatic carbocycles. The van der Waals surface area contributed by atoms with E-state index in [1.165, 1.54) is 0 Å². The van der Waals surface area contributed by atoms with E-state index in [2.05, 4.69) is 41.5 Å². The lowest BCUT2D eigenvalue weighted by Gasteiger charge is -2.42. The molecule has 6 nitrogen and oxygen atoms in total. The normalized spacial score (nSPS) is 33.6. The predicted molar refractivity (Wildman–Crippen MR) is 138 cm³/mol. The van der Waals surface area contributed by atoms with Crippen molar-refractivity contribution in [1.82, 2.24) is 0 Å². The van der Waals surface area contributed by atoms with Crippen molar-refractivity contribution in [1.29, 1.82) is 0 Å². The molecular formula is C28H45O6P. The van der Waals surface area contributed by atoms with E-state index < -0.39 is 13.4 Å². The van der Waals surface area contributed by atoms with Crippen LogP contribution in [0.15, 0.2) is 18.2 Å². The zero-order chi connectivity index (χ0) is 25.3. The maximum Gasteiger partial charge on any atom is 0.364 e. The highest BCUT2D eigenvalue weighted by atomic mass is 31.2. The van der Waals surface area contributed by atoms with Crippen molar-refractivity contribution in [2.24, 2.45) is 35.5 Å². The highest BCUT2D eigenvalue weighted by Gasteiger charge is 2.47. The molecule has 1 heterocycles. The lowest BCUT2D eigenvalue weighted by atomic mass is 9.75. The van der Waals surface area contributed by atoms with Crippen molar-refractivity contribution < 1.29 is 28.2 Å². The monoisotopic (exact) mass is 508 g/mol. The lowest BCUT2D eigenvalue weighted by Crippen LogP contribution is -2.37. The van der Waals surface area contributed by atoms with Crippen molar-refractivity contribution in [3.8, 4) is 11.5 Å². The smallest absolute Gasteiger partial charge is 0.364 e. The third-order valence-electron chi connectivity index (χ3n) is 8.49. The Morgan fingerprint density at radius 2 is 1.43 bits per heavy atom. The van der Waals surface area contributed by atoms with Gasteiger partial charge in [0, 0.05) is 5.56 Å². The number of fused-ring (bicyclic) bond motifs is 1. The minimum Gasteiger partial charge on any atom is -0.454 e. The molecule has 1 aromatic rings. The van der Waals surface area contributed by atoms with Gasteiger partial charge in [0.05, 0.1) is 12.2 Å². The Balaban J connectivity index is 1.69. The molecule has 1 aliphatic heterocycles. The Morgan fingerprint density at radius 1 is 0.886 bits per heavy atom. The fraction of sp³-hybridized carbons (Fsp3) is 0.786. The highest BCUT2D eigenvalue weighted by Crippen LogP contribution is 2.65. The van der Waals surface area contributed by atoms with E-state index >= 15 is 0 Å². The topological polar surface area (TPSA) is 74.2 Å². The Morgan fingerprint density at radius 3 is 1.94 bits per heavy atom. The van der Waals surface area contributed by atoms with Crippen LogP contribution in [0, 0.1) is 35.5 Å². The van der Waals surface area contributed by atoms with Gasteiger partial charge in [0.25, 0.3) is 0 Å². The minimum atomic E-state index is -3.99. The summed E-state index contributed by atoms with van der Waals surface area (Å²) in [7, 11) is -3.99. The molecular weight excluding hydrogens is 463 g/mol. The summed E-state index contributed by atoms with van der Waals surface area (Å²) in [5.74, 6) is 1.86. The molecule has 1 N–H and O–H groups in total. The minimum absolute atomic E-state index is 0.0796. The van der Waals surface area contributed by atoms with Gasteiger partial charge in [-0.05, 0) is 67.3 Å². The van der Waals surface area contributed by atoms with E-state index in [-0.39, 0.29) is 30.8 Å². The van der Waals surface area contributed by atoms with Gasteiger partial charge in [-0.15, -0.1) is 0 Å². The summed E-state index contributed by atoms with van der Waals surface area (Å²) < 4.78 is 39.1. The summed E-state index contributed by atoms with van der Waals surface area (Å²) in [5, 5.41) is 11.7. The molecule has 4 rings (SSSR count). The molecule has 0 radical (unpaired) electrons. The molecule has 0 bridgehead atoms. The number of hydrogen-bond acceptors (Lipinski definition) is 6. The molecule has 2 saturated carbocycles. The predicted octanol–water partition coefficient (Wildman–Crippen LogP) is 7.55. The Hall–Kier alpha value is -1.07. The van der Waals surface area contributed by atoms with Crippen LogP contribution in [0.5, 0.6) is 11.5 Å². The van der Waals surface area contributed by atoms with Crippen LogP contribution >= 0.6 is 7.60 Å². The molecule has 7 unspecified atom stereocenters. The van der Waals surface area contributed by atoms with Crippen LogP contribution in [-0.4, -0.2) is 24.1 Å². The summed E-state index contributed by atoms with van der Waals surface area (Å²) >= 11 is 0. The van der Waals surface area contributed by atoms with Crippen LogP contribution in [-0.2, 0) is 13.6 Å². The van der Waals surface area contributed by atoms with Crippen LogP contribution in [0.1, 0.15) is 91.5 Å². The maximum atomic E-state index is 14.8. The first-order valence-electron chi connectivity index (χ1n) is 13.6. The molecule has 0 spiro atoms. The number of hydrogen-bond donors (Lipinski definition) is 1. The van der Waals surface area contributed by atoms with E-state index in [0.717, 1.165) is 38.5 Å². The van der Waals surface area contributed by atoms with E-state index in [0.29, 0.717) is 40.7 Å². The summed E-state index contributed by atoms with van der Waals surface area (Å²) in [6.07, 6.45) is 5.57. The number of benzene rings is 1. The van der Waals surface area contributed by atoms with Crippen molar-refractivity contribution in [2.75, 3.05) is 6.79 Å². The summed E-state index contributed by atoms with van der Waals surface area (Å²) in [5.41, 5.74) is 0.415. The van der Waals surface area contributed by atoms with Gasteiger partial charge in [-0.25, -0.2) is 0 Å². The van der Waals surface area contributed by atoms with Gasteiger partial charge in [-0.2, -0.15) is 0 Å². The van der Waals surface area contributed by atoms with Gasteiger partial charge in [-0.1, -0.05) is 66.5 Å². The van der Waals surface area contributed by atoms with Crippen LogP contribution < -0.4 is 9.47 Å². The van der Waals surface area contributed by atoms with Crippen molar-refractivity contribution in [2.45, 2.75) is 98.1 Å². The van der Waals surface area contributed by atoms with Gasteiger partial charge in [-0.3, -0.25) is 4.57 Å². The average Bonchev–Trinajstić information content (AvgIpc) is 3.27. The molecule has 7 heteroatoms. The second-order valence-corrected chi connectivity index (χ2v) is 13.9. The number of ether oxygens (including phenoxy) is 2. The van der Waals surface area contributed by atoms with Crippen molar-refractivity contribution >= 4 is 7.60 Å². The molecule has 7 atom stereocenters. The molecule has 1 aromatic carbocycles. The Labute approximate surface area is 211 Å². The first-order valence-corrected chi connectivity index (χ1v) is 15.2. The van der Waals surface area contributed by atoms with Crippen LogP contribution in [0.3, 0.4) is 0 Å². The zero-order valence-corrected chi connectivity index (χ0v) is 23.2. The Bertz CT molecular complexity index is 863. The van der Waals surface area contributed by atoms with Crippen molar-refractivity contribution in [3.05, 3.63) is 23.8 Å². The lowest BCUT2D eigenvalue weighted by molar-refractivity contribution is -0.0155. The summed E-state index contributed by atoms with van der Waals surface area (Å²) in [4.78, 5) is 0. The standard InChI is InChI=1S/C28H45O6P/c1-17(2)21-12-10-19(5)14-25(21)33-35(30,34-26-15-20(6)11-13-22(26)18(3)4)28(29)23-8-7-9-24-27(23)32-16-31-24/h7-9,17-22,25-26,28-29H,10-16H2,1-6H3. The largest absolute Gasteiger partial charge is 0.454 e.